The highest BCUT2D eigenvalue weighted by Crippen LogP contribution is 2.23. The lowest BCUT2D eigenvalue weighted by Gasteiger charge is -2.21. The zero-order valence-corrected chi connectivity index (χ0v) is 20.2. The molecule has 0 atom stereocenters. The van der Waals surface area contributed by atoms with Gasteiger partial charge in [-0.1, -0.05) is 31.0 Å². The molecule has 2 aromatic rings. The highest BCUT2D eigenvalue weighted by molar-refractivity contribution is 7.89. The zero-order chi connectivity index (χ0) is 23.1. The Balaban J connectivity index is 1.71. The minimum absolute atomic E-state index is 0.193. The molecule has 7 heteroatoms. The van der Waals surface area contributed by atoms with E-state index in [-0.39, 0.29) is 10.8 Å². The smallest absolute Gasteiger partial charge is 0.251 e. The molecule has 1 fully saturated rings. The van der Waals surface area contributed by atoms with Gasteiger partial charge >= 0.3 is 0 Å². The molecule has 0 bridgehead atoms. The highest BCUT2D eigenvalue weighted by atomic mass is 32.2. The van der Waals surface area contributed by atoms with Crippen LogP contribution in [0.5, 0.6) is 0 Å². The summed E-state index contributed by atoms with van der Waals surface area (Å²) in [6, 6.07) is 13.0. The third-order valence-corrected chi connectivity index (χ3v) is 8.07. The molecule has 0 spiro atoms. The second kappa shape index (κ2) is 11.0. The number of aryl methyl sites for hydroxylation is 1. The molecular formula is C25H35N3O3S. The number of hydrogen-bond acceptors (Lipinski definition) is 4. The van der Waals surface area contributed by atoms with Gasteiger partial charge in [-0.15, -0.1) is 0 Å². The van der Waals surface area contributed by atoms with Crippen LogP contribution in [-0.4, -0.2) is 44.8 Å². The molecule has 174 valence electrons. The fraction of sp³-hybridized carbons (Fsp3) is 0.480. The maximum atomic E-state index is 13.1. The quantitative estimate of drug-likeness (QED) is 0.640. The number of benzene rings is 2. The van der Waals surface area contributed by atoms with Crippen molar-refractivity contribution in [2.24, 2.45) is 0 Å². The van der Waals surface area contributed by atoms with E-state index in [0.717, 1.165) is 55.6 Å². The summed E-state index contributed by atoms with van der Waals surface area (Å²) in [5.41, 5.74) is 3.32. The van der Waals surface area contributed by atoms with Gasteiger partial charge in [0.2, 0.25) is 10.0 Å². The number of rotatable bonds is 8. The molecule has 0 unspecified atom stereocenters. The van der Waals surface area contributed by atoms with Crippen LogP contribution in [0.2, 0.25) is 0 Å². The normalized spacial score (nSPS) is 15.2. The van der Waals surface area contributed by atoms with Gasteiger partial charge in [-0.2, -0.15) is 4.31 Å². The van der Waals surface area contributed by atoms with Gasteiger partial charge in [0.25, 0.3) is 5.91 Å². The Morgan fingerprint density at radius 2 is 1.59 bits per heavy atom. The average molecular weight is 458 g/mol. The van der Waals surface area contributed by atoms with Crippen molar-refractivity contribution in [3.63, 3.8) is 0 Å². The lowest BCUT2D eigenvalue weighted by molar-refractivity contribution is 0.0950. The molecule has 1 aliphatic heterocycles. The minimum atomic E-state index is -3.59. The van der Waals surface area contributed by atoms with Crippen molar-refractivity contribution in [2.45, 2.75) is 57.9 Å². The van der Waals surface area contributed by atoms with Crippen LogP contribution >= 0.6 is 0 Å². The summed E-state index contributed by atoms with van der Waals surface area (Å²) in [5, 5.41) is 2.94. The molecule has 6 nitrogen and oxygen atoms in total. The fourth-order valence-corrected chi connectivity index (χ4v) is 5.67. The van der Waals surface area contributed by atoms with E-state index in [4.69, 9.17) is 0 Å². The molecule has 3 rings (SSSR count). The van der Waals surface area contributed by atoms with E-state index < -0.39 is 10.0 Å². The third-order valence-electron chi connectivity index (χ3n) is 6.17. The first-order valence-electron chi connectivity index (χ1n) is 11.6. The lowest BCUT2D eigenvalue weighted by Crippen LogP contribution is -2.32. The van der Waals surface area contributed by atoms with Gasteiger partial charge in [0.05, 0.1) is 4.90 Å². The van der Waals surface area contributed by atoms with Crippen LogP contribution in [0.3, 0.4) is 0 Å². The topological polar surface area (TPSA) is 69.7 Å². The first-order chi connectivity index (χ1) is 15.4. The van der Waals surface area contributed by atoms with E-state index in [0.29, 0.717) is 25.2 Å². The van der Waals surface area contributed by atoms with E-state index in [2.05, 4.69) is 36.2 Å². The van der Waals surface area contributed by atoms with Gasteiger partial charge in [-0.3, -0.25) is 4.79 Å². The minimum Gasteiger partial charge on any atom is -0.372 e. The summed E-state index contributed by atoms with van der Waals surface area (Å²) in [5.74, 6) is -0.261. The Morgan fingerprint density at radius 1 is 0.969 bits per heavy atom. The van der Waals surface area contributed by atoms with Crippen LogP contribution < -0.4 is 10.2 Å². The van der Waals surface area contributed by atoms with E-state index in [1.54, 1.807) is 16.4 Å². The Hall–Kier alpha value is -2.38. The summed E-state index contributed by atoms with van der Waals surface area (Å²) in [6.07, 6.45) is 3.88. The van der Waals surface area contributed by atoms with Crippen molar-refractivity contribution in [1.82, 2.24) is 9.62 Å². The summed E-state index contributed by atoms with van der Waals surface area (Å²) in [4.78, 5) is 15.3. The van der Waals surface area contributed by atoms with Crippen LogP contribution in [0.1, 0.15) is 61.0 Å². The average Bonchev–Trinajstić information content (AvgIpc) is 3.09. The lowest BCUT2D eigenvalue weighted by atomic mass is 10.1. The Labute approximate surface area is 192 Å². The van der Waals surface area contributed by atoms with Crippen LogP contribution in [0.15, 0.2) is 47.4 Å². The maximum Gasteiger partial charge on any atom is 0.251 e. The molecule has 1 amide bonds. The van der Waals surface area contributed by atoms with Gasteiger partial charge in [0.1, 0.15) is 0 Å². The van der Waals surface area contributed by atoms with Crippen LogP contribution in [0.25, 0.3) is 0 Å². The molecule has 32 heavy (non-hydrogen) atoms. The van der Waals surface area contributed by atoms with Crippen molar-refractivity contribution >= 4 is 21.6 Å². The van der Waals surface area contributed by atoms with Crippen LogP contribution in [-0.2, 0) is 16.6 Å². The summed E-state index contributed by atoms with van der Waals surface area (Å²) in [6.45, 7) is 9.45. The Morgan fingerprint density at radius 3 is 2.19 bits per heavy atom. The number of anilines is 1. The SMILES string of the molecule is CCN(CC)c1ccc(CNC(=O)c2cc(S(=O)(=O)N3CCCCCC3)ccc2C)cc1. The Bertz CT molecular complexity index is 1010. The summed E-state index contributed by atoms with van der Waals surface area (Å²) < 4.78 is 27.8. The van der Waals surface area contributed by atoms with Gasteiger partial charge in [0, 0.05) is 44.0 Å². The monoisotopic (exact) mass is 457 g/mol. The van der Waals surface area contributed by atoms with Gasteiger partial charge in [-0.05, 0) is 69.0 Å². The van der Waals surface area contributed by atoms with Gasteiger partial charge < -0.3 is 10.2 Å². The molecule has 1 saturated heterocycles. The molecule has 2 aromatic carbocycles. The number of carbonyl (C=O) groups is 1. The van der Waals surface area contributed by atoms with Gasteiger partial charge in [-0.25, -0.2) is 8.42 Å². The number of nitrogens with zero attached hydrogens (tertiary/aromatic N) is 2. The first kappa shape index (κ1) is 24.3. The second-order valence-electron chi connectivity index (χ2n) is 8.32. The number of amides is 1. The highest BCUT2D eigenvalue weighted by Gasteiger charge is 2.26. The summed E-state index contributed by atoms with van der Waals surface area (Å²) in [7, 11) is -3.59. The molecule has 1 heterocycles. The van der Waals surface area contributed by atoms with Crippen molar-refractivity contribution in [1.29, 1.82) is 0 Å². The van der Waals surface area contributed by atoms with Crippen LogP contribution in [0, 0.1) is 6.92 Å². The predicted molar refractivity (Wildman–Crippen MR) is 130 cm³/mol. The third kappa shape index (κ3) is 5.70. The number of sulfonamides is 1. The van der Waals surface area contributed by atoms with Crippen molar-refractivity contribution in [3.8, 4) is 0 Å². The maximum absolute atomic E-state index is 13.1. The second-order valence-corrected chi connectivity index (χ2v) is 10.3. The van der Waals surface area contributed by atoms with E-state index in [1.807, 2.05) is 19.1 Å². The van der Waals surface area contributed by atoms with E-state index in [1.165, 1.54) is 6.07 Å². The van der Waals surface area contributed by atoms with Crippen molar-refractivity contribution < 1.29 is 13.2 Å². The number of carbonyl (C=O) groups excluding carboxylic acids is 1. The molecule has 0 aromatic heterocycles. The Kier molecular flexibility index (Phi) is 8.32. The van der Waals surface area contributed by atoms with Crippen molar-refractivity contribution in [3.05, 3.63) is 59.2 Å². The van der Waals surface area contributed by atoms with Gasteiger partial charge in [0.15, 0.2) is 0 Å². The first-order valence-corrected chi connectivity index (χ1v) is 13.0. The zero-order valence-electron chi connectivity index (χ0n) is 19.4. The summed E-state index contributed by atoms with van der Waals surface area (Å²) >= 11 is 0. The van der Waals surface area contributed by atoms with Crippen molar-refractivity contribution in [2.75, 3.05) is 31.1 Å². The molecular weight excluding hydrogens is 422 g/mol. The molecule has 0 radical (unpaired) electrons. The molecule has 0 saturated carbocycles. The fourth-order valence-electron chi connectivity index (χ4n) is 4.13. The molecule has 0 aliphatic carbocycles. The van der Waals surface area contributed by atoms with Crippen LogP contribution in [0.4, 0.5) is 5.69 Å². The number of nitrogens with one attached hydrogen (secondary N) is 1. The van der Waals surface area contributed by atoms with E-state index >= 15 is 0 Å². The largest absolute Gasteiger partial charge is 0.372 e. The van der Waals surface area contributed by atoms with E-state index in [9.17, 15) is 13.2 Å². The standard InChI is InChI=1S/C25H35N3O3S/c1-4-27(5-2)22-13-11-21(12-14-22)19-26-25(29)24-18-23(15-10-20(24)3)32(30,31)28-16-8-6-7-9-17-28/h10-15,18H,4-9,16-17,19H2,1-3H3,(H,26,29). The molecule has 1 aliphatic rings. The number of hydrogen-bond donors (Lipinski definition) is 1. The molecule has 1 N–H and O–H groups in total. The predicted octanol–water partition coefficient (Wildman–Crippen LogP) is 4.34.